The van der Waals surface area contributed by atoms with Crippen LogP contribution in [0.3, 0.4) is 0 Å². The Bertz CT molecular complexity index is 624. The first-order valence-electron chi connectivity index (χ1n) is 7.05. The van der Waals surface area contributed by atoms with Crippen molar-refractivity contribution in [1.29, 1.82) is 0 Å². The SMILES string of the molecule is CCc1cccc(OCC(O)c2ccc3c(c2)OCO3)c1. The summed E-state index contributed by atoms with van der Waals surface area (Å²) in [7, 11) is 0. The van der Waals surface area contributed by atoms with Gasteiger partial charge >= 0.3 is 0 Å². The molecule has 2 aromatic carbocycles. The van der Waals surface area contributed by atoms with E-state index in [4.69, 9.17) is 14.2 Å². The van der Waals surface area contributed by atoms with E-state index in [2.05, 4.69) is 13.0 Å². The summed E-state index contributed by atoms with van der Waals surface area (Å²) < 4.78 is 16.2. The molecule has 0 aromatic heterocycles. The van der Waals surface area contributed by atoms with Gasteiger partial charge in [-0.25, -0.2) is 0 Å². The van der Waals surface area contributed by atoms with Crippen molar-refractivity contribution in [3.05, 3.63) is 53.6 Å². The summed E-state index contributed by atoms with van der Waals surface area (Å²) in [4.78, 5) is 0. The van der Waals surface area contributed by atoms with Gasteiger partial charge in [-0.3, -0.25) is 0 Å². The molecule has 3 rings (SSSR count). The Balaban J connectivity index is 1.64. The topological polar surface area (TPSA) is 47.9 Å². The van der Waals surface area contributed by atoms with Crippen molar-refractivity contribution in [3.63, 3.8) is 0 Å². The minimum Gasteiger partial charge on any atom is -0.491 e. The minimum atomic E-state index is -0.704. The van der Waals surface area contributed by atoms with E-state index < -0.39 is 6.10 Å². The lowest BCUT2D eigenvalue weighted by atomic mass is 10.1. The maximum Gasteiger partial charge on any atom is 0.231 e. The van der Waals surface area contributed by atoms with Crippen LogP contribution in [0.25, 0.3) is 0 Å². The van der Waals surface area contributed by atoms with Crippen molar-refractivity contribution in [1.82, 2.24) is 0 Å². The predicted octanol–water partition coefficient (Wildman–Crippen LogP) is 3.09. The van der Waals surface area contributed by atoms with Crippen LogP contribution in [0.15, 0.2) is 42.5 Å². The molecule has 110 valence electrons. The first-order chi connectivity index (χ1) is 10.3. The molecule has 4 nitrogen and oxygen atoms in total. The van der Waals surface area contributed by atoms with Crippen LogP contribution in [-0.4, -0.2) is 18.5 Å². The molecule has 0 amide bonds. The van der Waals surface area contributed by atoms with Gasteiger partial charge in [0.05, 0.1) is 0 Å². The van der Waals surface area contributed by atoms with Gasteiger partial charge in [0.25, 0.3) is 0 Å². The lowest BCUT2D eigenvalue weighted by Crippen LogP contribution is -2.09. The van der Waals surface area contributed by atoms with E-state index in [-0.39, 0.29) is 13.4 Å². The first kappa shape index (κ1) is 13.8. The fourth-order valence-corrected chi connectivity index (χ4v) is 2.25. The van der Waals surface area contributed by atoms with Crippen LogP contribution in [0.4, 0.5) is 0 Å². The van der Waals surface area contributed by atoms with Gasteiger partial charge in [-0.1, -0.05) is 25.1 Å². The van der Waals surface area contributed by atoms with Crippen LogP contribution in [0.2, 0.25) is 0 Å². The highest BCUT2D eigenvalue weighted by atomic mass is 16.7. The molecule has 0 radical (unpaired) electrons. The summed E-state index contributed by atoms with van der Waals surface area (Å²) in [5, 5.41) is 10.2. The van der Waals surface area contributed by atoms with E-state index >= 15 is 0 Å². The van der Waals surface area contributed by atoms with E-state index in [0.29, 0.717) is 11.5 Å². The largest absolute Gasteiger partial charge is 0.491 e. The smallest absolute Gasteiger partial charge is 0.231 e. The van der Waals surface area contributed by atoms with E-state index in [1.165, 1.54) is 5.56 Å². The molecule has 1 atom stereocenters. The number of rotatable bonds is 5. The molecule has 1 unspecified atom stereocenters. The summed E-state index contributed by atoms with van der Waals surface area (Å²) in [6.07, 6.45) is 0.256. The predicted molar refractivity (Wildman–Crippen MR) is 78.8 cm³/mol. The molecule has 0 saturated carbocycles. The number of hydrogen-bond acceptors (Lipinski definition) is 4. The van der Waals surface area contributed by atoms with E-state index in [9.17, 15) is 5.11 Å². The zero-order valence-electron chi connectivity index (χ0n) is 11.9. The van der Waals surface area contributed by atoms with Gasteiger partial charge < -0.3 is 19.3 Å². The molecular weight excluding hydrogens is 268 g/mol. The molecule has 2 aromatic rings. The molecule has 1 heterocycles. The van der Waals surface area contributed by atoms with Crippen LogP contribution in [0.5, 0.6) is 17.2 Å². The number of ether oxygens (including phenoxy) is 3. The number of hydrogen-bond donors (Lipinski definition) is 1. The highest BCUT2D eigenvalue weighted by Crippen LogP contribution is 2.34. The van der Waals surface area contributed by atoms with Gasteiger partial charge in [0.15, 0.2) is 11.5 Å². The molecular formula is C17H18O4. The summed E-state index contributed by atoms with van der Waals surface area (Å²) in [6, 6.07) is 13.3. The number of benzene rings is 2. The van der Waals surface area contributed by atoms with Gasteiger partial charge in [-0.15, -0.1) is 0 Å². The first-order valence-corrected chi connectivity index (χ1v) is 7.05. The van der Waals surface area contributed by atoms with E-state index in [1.54, 1.807) is 12.1 Å². The summed E-state index contributed by atoms with van der Waals surface area (Å²) >= 11 is 0. The standard InChI is InChI=1S/C17H18O4/c1-2-12-4-3-5-14(8-12)19-10-15(18)13-6-7-16-17(9-13)21-11-20-16/h3-9,15,18H,2,10-11H2,1H3. The highest BCUT2D eigenvalue weighted by molar-refractivity contribution is 5.45. The second kappa shape index (κ2) is 6.06. The van der Waals surface area contributed by atoms with Crippen LogP contribution >= 0.6 is 0 Å². The number of aryl methyl sites for hydroxylation is 1. The molecule has 0 spiro atoms. The van der Waals surface area contributed by atoms with Gasteiger partial charge in [0.1, 0.15) is 18.5 Å². The Morgan fingerprint density at radius 1 is 1.14 bits per heavy atom. The van der Waals surface area contributed by atoms with Crippen molar-refractivity contribution in [2.75, 3.05) is 13.4 Å². The second-order valence-corrected chi connectivity index (χ2v) is 4.94. The lowest BCUT2D eigenvalue weighted by Gasteiger charge is -2.13. The summed E-state index contributed by atoms with van der Waals surface area (Å²) in [6.45, 7) is 2.53. The Hall–Kier alpha value is -2.20. The maximum absolute atomic E-state index is 10.2. The summed E-state index contributed by atoms with van der Waals surface area (Å²) in [5.74, 6) is 2.15. The van der Waals surface area contributed by atoms with Crippen molar-refractivity contribution >= 4 is 0 Å². The van der Waals surface area contributed by atoms with Crippen molar-refractivity contribution < 1.29 is 19.3 Å². The summed E-state index contributed by atoms with van der Waals surface area (Å²) in [5.41, 5.74) is 1.97. The molecule has 1 N–H and O–H groups in total. The highest BCUT2D eigenvalue weighted by Gasteiger charge is 2.17. The minimum absolute atomic E-state index is 0.201. The van der Waals surface area contributed by atoms with E-state index in [0.717, 1.165) is 17.7 Å². The molecule has 0 bridgehead atoms. The average molecular weight is 286 g/mol. The Morgan fingerprint density at radius 3 is 2.86 bits per heavy atom. The fraction of sp³-hybridized carbons (Fsp3) is 0.294. The fourth-order valence-electron chi connectivity index (χ4n) is 2.25. The molecule has 21 heavy (non-hydrogen) atoms. The molecule has 1 aliphatic rings. The van der Waals surface area contributed by atoms with Crippen LogP contribution < -0.4 is 14.2 Å². The molecule has 1 aliphatic heterocycles. The van der Waals surface area contributed by atoms with Crippen molar-refractivity contribution in [2.45, 2.75) is 19.4 Å². The van der Waals surface area contributed by atoms with Crippen LogP contribution in [-0.2, 0) is 6.42 Å². The van der Waals surface area contributed by atoms with Crippen molar-refractivity contribution in [2.24, 2.45) is 0 Å². The molecule has 0 aliphatic carbocycles. The Morgan fingerprint density at radius 2 is 2.00 bits per heavy atom. The lowest BCUT2D eigenvalue weighted by molar-refractivity contribution is 0.108. The third-order valence-electron chi connectivity index (χ3n) is 3.50. The number of aliphatic hydroxyl groups is 1. The van der Waals surface area contributed by atoms with Gasteiger partial charge in [0, 0.05) is 0 Å². The molecule has 4 heteroatoms. The third kappa shape index (κ3) is 3.11. The zero-order valence-corrected chi connectivity index (χ0v) is 11.9. The van der Waals surface area contributed by atoms with E-state index in [1.807, 2.05) is 24.3 Å². The maximum atomic E-state index is 10.2. The van der Waals surface area contributed by atoms with Gasteiger partial charge in [0.2, 0.25) is 6.79 Å². The molecule has 0 saturated heterocycles. The zero-order chi connectivity index (χ0) is 14.7. The van der Waals surface area contributed by atoms with Crippen LogP contribution in [0.1, 0.15) is 24.2 Å². The van der Waals surface area contributed by atoms with Crippen molar-refractivity contribution in [3.8, 4) is 17.2 Å². The monoisotopic (exact) mass is 286 g/mol. The average Bonchev–Trinajstić information content (AvgIpc) is 3.00. The molecule has 0 fully saturated rings. The second-order valence-electron chi connectivity index (χ2n) is 4.94. The van der Waals surface area contributed by atoms with Gasteiger partial charge in [-0.05, 0) is 41.8 Å². The Labute approximate surface area is 123 Å². The number of fused-ring (bicyclic) bond motifs is 1. The van der Waals surface area contributed by atoms with Crippen LogP contribution in [0, 0.1) is 0 Å². The third-order valence-corrected chi connectivity index (χ3v) is 3.50. The quantitative estimate of drug-likeness (QED) is 0.917. The number of aliphatic hydroxyl groups excluding tert-OH is 1. The Kier molecular flexibility index (Phi) is 3.97. The van der Waals surface area contributed by atoms with Gasteiger partial charge in [-0.2, -0.15) is 0 Å². The normalized spacial score (nSPS) is 14.0.